The molecule has 1 rings (SSSR count). The lowest BCUT2D eigenvalue weighted by Gasteiger charge is -2.08. The molecule has 0 aliphatic rings. The Kier molecular flexibility index (Phi) is 2.45. The predicted octanol–water partition coefficient (Wildman–Crippen LogP) is 2.29. The molecule has 12 heavy (non-hydrogen) atoms. The van der Waals surface area contributed by atoms with Crippen molar-refractivity contribution in [1.82, 2.24) is 4.98 Å². The van der Waals surface area contributed by atoms with E-state index in [0.29, 0.717) is 0 Å². The third-order valence-corrected chi connectivity index (χ3v) is 2.42. The van der Waals surface area contributed by atoms with Crippen LogP contribution in [0, 0.1) is 3.57 Å². The minimum Gasteiger partial charge on any atom is -0.397 e. The molecule has 0 aromatic carbocycles. The van der Waals surface area contributed by atoms with Crippen molar-refractivity contribution in [2.75, 3.05) is 5.73 Å². The van der Waals surface area contributed by atoms with Gasteiger partial charge >= 0.3 is 6.18 Å². The van der Waals surface area contributed by atoms with Crippen molar-refractivity contribution < 1.29 is 13.2 Å². The molecule has 0 saturated carbocycles. The average molecular weight is 288 g/mol. The van der Waals surface area contributed by atoms with Gasteiger partial charge in [-0.3, -0.25) is 4.98 Å². The maximum atomic E-state index is 12.1. The molecule has 0 unspecified atom stereocenters. The lowest BCUT2D eigenvalue weighted by Crippen LogP contribution is -2.09. The van der Waals surface area contributed by atoms with Gasteiger partial charge in [0.25, 0.3) is 0 Å². The van der Waals surface area contributed by atoms with E-state index in [1.807, 2.05) is 0 Å². The maximum absolute atomic E-state index is 12.1. The van der Waals surface area contributed by atoms with Crippen LogP contribution in [0.3, 0.4) is 0 Å². The van der Waals surface area contributed by atoms with E-state index >= 15 is 0 Å². The highest BCUT2D eigenvalue weighted by molar-refractivity contribution is 14.1. The summed E-state index contributed by atoms with van der Waals surface area (Å²) < 4.78 is 36.4. The number of aromatic nitrogens is 1. The second-order valence-corrected chi connectivity index (χ2v) is 3.17. The highest BCUT2D eigenvalue weighted by atomic mass is 127. The van der Waals surface area contributed by atoms with Gasteiger partial charge in [-0.05, 0) is 22.6 Å². The lowest BCUT2D eigenvalue weighted by molar-refractivity contribution is -0.138. The van der Waals surface area contributed by atoms with Crippen LogP contribution in [0.4, 0.5) is 18.9 Å². The van der Waals surface area contributed by atoms with E-state index in [1.54, 1.807) is 22.6 Å². The molecule has 0 fully saturated rings. The molecule has 0 amide bonds. The SMILES string of the molecule is Nc1cncc(C(F)(F)F)c1I. The first kappa shape index (κ1) is 9.56. The summed E-state index contributed by atoms with van der Waals surface area (Å²) in [6, 6.07) is 0. The van der Waals surface area contributed by atoms with Gasteiger partial charge in [-0.1, -0.05) is 0 Å². The Balaban J connectivity index is 3.26. The fourth-order valence-corrected chi connectivity index (χ4v) is 1.24. The van der Waals surface area contributed by atoms with Gasteiger partial charge in [-0.2, -0.15) is 13.2 Å². The van der Waals surface area contributed by atoms with Crippen LogP contribution in [-0.2, 0) is 6.18 Å². The molecule has 0 saturated heterocycles. The van der Waals surface area contributed by atoms with E-state index < -0.39 is 11.7 Å². The Hall–Kier alpha value is -0.530. The van der Waals surface area contributed by atoms with Gasteiger partial charge < -0.3 is 5.73 Å². The summed E-state index contributed by atoms with van der Waals surface area (Å²) in [4.78, 5) is 3.36. The quantitative estimate of drug-likeness (QED) is 0.744. The zero-order chi connectivity index (χ0) is 9.35. The van der Waals surface area contributed by atoms with E-state index in [4.69, 9.17) is 5.73 Å². The van der Waals surface area contributed by atoms with Gasteiger partial charge in [0.05, 0.1) is 21.0 Å². The van der Waals surface area contributed by atoms with Crippen LogP contribution in [0.1, 0.15) is 5.56 Å². The van der Waals surface area contributed by atoms with Crippen molar-refractivity contribution in [1.29, 1.82) is 0 Å². The topological polar surface area (TPSA) is 38.9 Å². The third kappa shape index (κ3) is 1.79. The molecule has 1 aromatic rings. The molecule has 0 aliphatic carbocycles. The average Bonchev–Trinajstić information content (AvgIpc) is 1.92. The van der Waals surface area contributed by atoms with Crippen LogP contribution in [-0.4, -0.2) is 4.98 Å². The Bertz CT molecular complexity index is 297. The Morgan fingerprint density at radius 3 is 2.33 bits per heavy atom. The zero-order valence-corrected chi connectivity index (χ0v) is 7.85. The fourth-order valence-electron chi connectivity index (χ4n) is 0.659. The van der Waals surface area contributed by atoms with E-state index in [9.17, 15) is 13.2 Å². The van der Waals surface area contributed by atoms with Crippen LogP contribution in [0.2, 0.25) is 0 Å². The van der Waals surface area contributed by atoms with Crippen molar-refractivity contribution in [3.63, 3.8) is 0 Å². The molecule has 1 heterocycles. The number of halogens is 4. The summed E-state index contributed by atoms with van der Waals surface area (Å²) >= 11 is 1.55. The number of alkyl halides is 3. The lowest BCUT2D eigenvalue weighted by atomic mass is 10.2. The van der Waals surface area contributed by atoms with Crippen molar-refractivity contribution in [2.45, 2.75) is 6.18 Å². The molecule has 1 aromatic heterocycles. The molecule has 2 N–H and O–H groups in total. The summed E-state index contributed by atoms with van der Waals surface area (Å²) in [5.74, 6) is 0. The smallest absolute Gasteiger partial charge is 0.397 e. The van der Waals surface area contributed by atoms with Gasteiger partial charge in [-0.25, -0.2) is 0 Å². The molecule has 0 aliphatic heterocycles. The standard InChI is InChI=1S/C6H4F3IN2/c7-6(8,9)3-1-12-2-4(11)5(3)10/h1-2H,11H2. The Morgan fingerprint density at radius 2 is 1.92 bits per heavy atom. The highest BCUT2D eigenvalue weighted by Crippen LogP contribution is 2.33. The van der Waals surface area contributed by atoms with E-state index in [2.05, 4.69) is 4.98 Å². The van der Waals surface area contributed by atoms with E-state index in [1.165, 1.54) is 6.20 Å². The number of anilines is 1. The number of nitrogens with zero attached hydrogens (tertiary/aromatic N) is 1. The molecular formula is C6H4F3IN2. The molecule has 0 atom stereocenters. The van der Waals surface area contributed by atoms with Crippen molar-refractivity contribution in [3.05, 3.63) is 21.5 Å². The van der Waals surface area contributed by atoms with Crippen LogP contribution in [0.15, 0.2) is 12.4 Å². The second-order valence-electron chi connectivity index (χ2n) is 2.09. The first-order valence-electron chi connectivity index (χ1n) is 2.89. The first-order valence-corrected chi connectivity index (χ1v) is 3.97. The summed E-state index contributed by atoms with van der Waals surface area (Å²) in [7, 11) is 0. The van der Waals surface area contributed by atoms with Gasteiger partial charge in [0.15, 0.2) is 0 Å². The molecule has 0 radical (unpaired) electrons. The van der Waals surface area contributed by atoms with Gasteiger partial charge in [0.2, 0.25) is 0 Å². The normalized spacial score (nSPS) is 11.7. The van der Waals surface area contributed by atoms with Crippen LogP contribution < -0.4 is 5.73 Å². The van der Waals surface area contributed by atoms with Crippen molar-refractivity contribution in [2.24, 2.45) is 0 Å². The number of nitrogen functional groups attached to an aromatic ring is 1. The zero-order valence-electron chi connectivity index (χ0n) is 5.69. The molecule has 6 heteroatoms. The summed E-state index contributed by atoms with van der Waals surface area (Å²) in [5.41, 5.74) is 4.51. The monoisotopic (exact) mass is 288 g/mol. The van der Waals surface area contributed by atoms with Crippen LogP contribution in [0.25, 0.3) is 0 Å². The molecule has 0 bridgehead atoms. The third-order valence-electron chi connectivity index (χ3n) is 1.21. The van der Waals surface area contributed by atoms with E-state index in [-0.39, 0.29) is 9.26 Å². The second kappa shape index (κ2) is 3.08. The van der Waals surface area contributed by atoms with Crippen molar-refractivity contribution >= 4 is 28.3 Å². The van der Waals surface area contributed by atoms with Gasteiger partial charge in [0, 0.05) is 6.20 Å². The first-order chi connectivity index (χ1) is 5.43. The van der Waals surface area contributed by atoms with Crippen molar-refractivity contribution in [3.8, 4) is 0 Å². The summed E-state index contributed by atoms with van der Waals surface area (Å²) in [5, 5.41) is 0. The molecule has 0 spiro atoms. The molecule has 66 valence electrons. The van der Waals surface area contributed by atoms with E-state index in [0.717, 1.165) is 6.20 Å². The molecular weight excluding hydrogens is 284 g/mol. The predicted molar refractivity (Wildman–Crippen MR) is 46.4 cm³/mol. The number of hydrogen-bond donors (Lipinski definition) is 1. The van der Waals surface area contributed by atoms with Gasteiger partial charge in [-0.15, -0.1) is 0 Å². The number of pyridine rings is 1. The highest BCUT2D eigenvalue weighted by Gasteiger charge is 2.33. The molecule has 2 nitrogen and oxygen atoms in total. The largest absolute Gasteiger partial charge is 0.418 e. The Morgan fingerprint density at radius 1 is 1.33 bits per heavy atom. The number of hydrogen-bond acceptors (Lipinski definition) is 2. The minimum absolute atomic E-state index is 0.00454. The fraction of sp³-hybridized carbons (Fsp3) is 0.167. The Labute approximate surface area is 80.1 Å². The number of rotatable bonds is 0. The van der Waals surface area contributed by atoms with Gasteiger partial charge in [0.1, 0.15) is 0 Å². The van der Waals surface area contributed by atoms with Crippen LogP contribution in [0.5, 0.6) is 0 Å². The minimum atomic E-state index is -4.38. The summed E-state index contributed by atoms with van der Waals surface area (Å²) in [6.07, 6.45) is -2.42. The number of nitrogens with two attached hydrogens (primary N) is 1. The summed E-state index contributed by atoms with van der Waals surface area (Å²) in [6.45, 7) is 0. The maximum Gasteiger partial charge on any atom is 0.418 e. The van der Waals surface area contributed by atoms with Crippen LogP contribution >= 0.6 is 22.6 Å².